The third-order valence-corrected chi connectivity index (χ3v) is 11.9. The molecule has 0 unspecified atom stereocenters. The first-order valence-corrected chi connectivity index (χ1v) is 16.6. The summed E-state index contributed by atoms with van der Waals surface area (Å²) >= 11 is 0. The molecule has 0 amide bonds. The molecule has 0 radical (unpaired) electrons. The molecule has 0 saturated carbocycles. The summed E-state index contributed by atoms with van der Waals surface area (Å²) in [4.78, 5) is 42.4. The van der Waals surface area contributed by atoms with Crippen molar-refractivity contribution in [2.24, 2.45) is 0 Å². The molecule has 2 aromatic rings. The second kappa shape index (κ2) is 12.2. The lowest BCUT2D eigenvalue weighted by atomic mass is 9.71. The van der Waals surface area contributed by atoms with Crippen molar-refractivity contribution >= 4 is 15.2 Å². The fourth-order valence-corrected chi connectivity index (χ4v) is 8.91. The second-order valence-corrected chi connectivity index (χ2v) is 14.6. The van der Waals surface area contributed by atoms with Crippen LogP contribution in [-0.2, 0) is 24.9 Å². The molecule has 0 fully saturated rings. The highest BCUT2D eigenvalue weighted by Crippen LogP contribution is 2.65. The summed E-state index contributed by atoms with van der Waals surface area (Å²) in [6, 6.07) is 11.0. The highest BCUT2D eigenvalue weighted by molar-refractivity contribution is 7.53. The Bertz CT molecular complexity index is 1340. The first-order valence-electron chi connectivity index (χ1n) is 13.4. The summed E-state index contributed by atoms with van der Waals surface area (Å²) in [5.74, 6) is 0. The zero-order valence-corrected chi connectivity index (χ0v) is 25.2. The quantitative estimate of drug-likeness (QED) is 0.115. The van der Waals surface area contributed by atoms with Gasteiger partial charge in [0.05, 0.1) is 0 Å². The molecule has 0 heterocycles. The van der Waals surface area contributed by atoms with Gasteiger partial charge in [-0.05, 0) is 71.9 Å². The Morgan fingerprint density at radius 1 is 0.585 bits per heavy atom. The van der Waals surface area contributed by atoms with Crippen LogP contribution in [0, 0.1) is 0 Å². The van der Waals surface area contributed by atoms with Crippen LogP contribution in [0.25, 0.3) is 11.1 Å². The van der Waals surface area contributed by atoms with E-state index in [0.29, 0.717) is 24.0 Å². The van der Waals surface area contributed by atoms with Crippen LogP contribution < -0.4 is 0 Å². The lowest BCUT2D eigenvalue weighted by molar-refractivity contribution is 0.322. The zero-order valence-electron chi connectivity index (χ0n) is 23.4. The van der Waals surface area contributed by atoms with Crippen molar-refractivity contribution in [1.82, 2.24) is 0 Å². The molecule has 0 spiro atoms. The second-order valence-electron chi connectivity index (χ2n) is 10.7. The lowest BCUT2D eigenvalue weighted by Gasteiger charge is -2.36. The topological polar surface area (TPSA) is 115 Å². The van der Waals surface area contributed by atoms with E-state index in [1.165, 1.54) is 24.3 Å². The number of benzene rings is 2. The van der Waals surface area contributed by atoms with Gasteiger partial charge in [0.15, 0.2) is 0 Å². The van der Waals surface area contributed by atoms with Gasteiger partial charge < -0.3 is 19.6 Å². The molecule has 6 nitrogen and oxygen atoms in total. The van der Waals surface area contributed by atoms with Crippen molar-refractivity contribution in [3.63, 3.8) is 0 Å². The minimum Gasteiger partial charge on any atom is -0.324 e. The third-order valence-electron chi connectivity index (χ3n) is 8.46. The van der Waals surface area contributed by atoms with Gasteiger partial charge in [-0.2, -0.15) is 0 Å². The SMILES string of the molecule is C=CCC1(CC=C)c2cc(C(CC=C)(CC=C)P(=O)(O)O)ccc2-c2ccc(C(CC=C)(CC=C)P(=O)(O)O)cc21. The Morgan fingerprint density at radius 2 is 0.902 bits per heavy atom. The average Bonchev–Trinajstić information content (AvgIpc) is 3.16. The Morgan fingerprint density at radius 3 is 1.15 bits per heavy atom. The van der Waals surface area contributed by atoms with Crippen LogP contribution in [0.4, 0.5) is 0 Å². The van der Waals surface area contributed by atoms with Crippen LogP contribution in [0.15, 0.2) is 112 Å². The van der Waals surface area contributed by atoms with Gasteiger partial charge in [-0.25, -0.2) is 0 Å². The van der Waals surface area contributed by atoms with Crippen molar-refractivity contribution in [2.45, 2.75) is 54.3 Å². The van der Waals surface area contributed by atoms with Crippen molar-refractivity contribution in [2.75, 3.05) is 0 Å². The number of fused-ring (bicyclic) bond motifs is 3. The van der Waals surface area contributed by atoms with Gasteiger partial charge in [-0.3, -0.25) is 9.13 Å². The molecule has 0 bridgehead atoms. The molecule has 41 heavy (non-hydrogen) atoms. The van der Waals surface area contributed by atoms with E-state index in [-0.39, 0.29) is 25.7 Å². The monoisotopic (exact) mass is 594 g/mol. The maximum absolute atomic E-state index is 13.0. The molecule has 0 atom stereocenters. The Kier molecular flexibility index (Phi) is 9.72. The van der Waals surface area contributed by atoms with E-state index in [4.69, 9.17) is 0 Å². The van der Waals surface area contributed by atoms with Gasteiger partial charge in [0.1, 0.15) is 10.3 Å². The highest BCUT2D eigenvalue weighted by Gasteiger charge is 2.50. The zero-order chi connectivity index (χ0) is 30.7. The fraction of sp³-hybridized carbons (Fsp3) is 0.273. The maximum atomic E-state index is 13.0. The summed E-state index contributed by atoms with van der Waals surface area (Å²) in [5.41, 5.74) is 3.67. The largest absolute Gasteiger partial charge is 0.336 e. The molecule has 0 aliphatic heterocycles. The molecule has 0 aromatic heterocycles. The van der Waals surface area contributed by atoms with Gasteiger partial charge in [0.25, 0.3) is 0 Å². The summed E-state index contributed by atoms with van der Waals surface area (Å²) in [6.07, 6.45) is 10.7. The predicted molar refractivity (Wildman–Crippen MR) is 169 cm³/mol. The van der Waals surface area contributed by atoms with Gasteiger partial charge in [0, 0.05) is 5.41 Å². The normalized spacial score (nSPS) is 14.4. The first kappa shape index (κ1) is 32.7. The fourth-order valence-electron chi connectivity index (χ4n) is 6.50. The molecule has 218 valence electrons. The van der Waals surface area contributed by atoms with E-state index >= 15 is 0 Å². The van der Waals surface area contributed by atoms with E-state index in [0.717, 1.165) is 22.3 Å². The number of allylic oxidation sites excluding steroid dienone is 6. The van der Waals surface area contributed by atoms with Crippen molar-refractivity contribution in [1.29, 1.82) is 0 Å². The van der Waals surface area contributed by atoms with Crippen LogP contribution >= 0.6 is 15.2 Å². The van der Waals surface area contributed by atoms with Crippen molar-refractivity contribution < 1.29 is 28.7 Å². The van der Waals surface area contributed by atoms with Crippen molar-refractivity contribution in [3.8, 4) is 11.1 Å². The van der Waals surface area contributed by atoms with Gasteiger partial charge in [0.2, 0.25) is 0 Å². The summed E-state index contributed by atoms with van der Waals surface area (Å²) in [5, 5.41) is -3.08. The molecular formula is C33H40O6P2. The smallest absolute Gasteiger partial charge is 0.324 e. The van der Waals surface area contributed by atoms with Crippen LogP contribution in [0.1, 0.15) is 60.8 Å². The molecule has 1 aliphatic rings. The van der Waals surface area contributed by atoms with Gasteiger partial charge in [-0.1, -0.05) is 72.9 Å². The standard InChI is InChI=1S/C33H40O6P2/c1-7-17-31(18-8-2)29-23-25(32(19-9-3,20-10-4)40(34,35)36)13-15-27(29)28-16-14-26(24-30(28)31)33(21-11-5,22-12-6)41(37,38)39/h7-16,23-24H,1-6,17-22H2,(H2,34,35,36)(H2,37,38,39). The summed E-state index contributed by atoms with van der Waals surface area (Å²) < 4.78 is 26.0. The molecule has 2 aromatic carbocycles. The predicted octanol–water partition coefficient (Wildman–Crippen LogP) is 8.16. The van der Waals surface area contributed by atoms with Crippen LogP contribution in [0.3, 0.4) is 0 Å². The summed E-state index contributed by atoms with van der Waals surface area (Å²) in [7, 11) is -9.37. The van der Waals surface area contributed by atoms with Crippen molar-refractivity contribution in [3.05, 3.63) is 135 Å². The van der Waals surface area contributed by atoms with E-state index in [1.807, 2.05) is 24.3 Å². The van der Waals surface area contributed by atoms with Crippen LogP contribution in [-0.4, -0.2) is 19.6 Å². The summed E-state index contributed by atoms with van der Waals surface area (Å²) in [6.45, 7) is 23.0. The van der Waals surface area contributed by atoms with Gasteiger partial charge in [-0.15, -0.1) is 39.5 Å². The van der Waals surface area contributed by atoms with Crippen LogP contribution in [0.5, 0.6) is 0 Å². The average molecular weight is 595 g/mol. The molecule has 4 N–H and O–H groups in total. The minimum atomic E-state index is -4.69. The molecule has 3 rings (SSSR count). The highest BCUT2D eigenvalue weighted by atomic mass is 31.2. The van der Waals surface area contributed by atoms with E-state index < -0.39 is 30.9 Å². The number of hydrogen-bond acceptors (Lipinski definition) is 2. The van der Waals surface area contributed by atoms with Gasteiger partial charge >= 0.3 is 15.2 Å². The Balaban J connectivity index is 2.44. The first-order chi connectivity index (χ1) is 19.3. The van der Waals surface area contributed by atoms with Crippen LogP contribution in [0.2, 0.25) is 0 Å². The van der Waals surface area contributed by atoms with E-state index in [2.05, 4.69) is 39.5 Å². The molecular weight excluding hydrogens is 554 g/mol. The molecule has 1 aliphatic carbocycles. The number of rotatable bonds is 16. The third kappa shape index (κ3) is 5.30. The Labute approximate surface area is 243 Å². The van der Waals surface area contributed by atoms with E-state index in [1.54, 1.807) is 24.3 Å². The maximum Gasteiger partial charge on any atom is 0.336 e. The minimum absolute atomic E-state index is 0.0447. The Hall–Kier alpha value is -2.82. The molecule has 8 heteroatoms. The number of hydrogen-bond donors (Lipinski definition) is 4. The van der Waals surface area contributed by atoms with E-state index in [9.17, 15) is 28.7 Å². The molecule has 0 saturated heterocycles. The lowest BCUT2D eigenvalue weighted by Crippen LogP contribution is -2.29.